The van der Waals surface area contributed by atoms with Gasteiger partial charge in [0.05, 0.1) is 11.8 Å². The lowest BCUT2D eigenvalue weighted by Crippen LogP contribution is -2.57. The lowest BCUT2D eigenvalue weighted by atomic mass is 9.93. The maximum Gasteiger partial charge on any atom is 0.408 e. The molecule has 7 nitrogen and oxygen atoms in total. The third-order valence-electron chi connectivity index (χ3n) is 4.03. The zero-order valence-electron chi connectivity index (χ0n) is 16.9. The first kappa shape index (κ1) is 21.9. The van der Waals surface area contributed by atoms with Crippen LogP contribution >= 0.6 is 0 Å². The molecule has 0 aliphatic rings. The Hall–Kier alpha value is -2.18. The Bertz CT molecular complexity index is 558. The first-order valence-electron chi connectivity index (χ1n) is 9.29. The van der Waals surface area contributed by atoms with Crippen LogP contribution in [0.2, 0.25) is 0 Å². The molecule has 0 aromatic carbocycles. The largest absolute Gasteiger partial charge is 0.467 e. The van der Waals surface area contributed by atoms with E-state index in [1.165, 1.54) is 0 Å². The molecule has 0 radical (unpaired) electrons. The van der Waals surface area contributed by atoms with Gasteiger partial charge in [-0.25, -0.2) is 9.79 Å². The first-order valence-corrected chi connectivity index (χ1v) is 9.29. The molecule has 0 saturated heterocycles. The molecule has 1 aromatic heterocycles. The van der Waals surface area contributed by atoms with Gasteiger partial charge in [0, 0.05) is 13.1 Å². The van der Waals surface area contributed by atoms with Crippen LogP contribution in [0.4, 0.5) is 4.79 Å². The van der Waals surface area contributed by atoms with Crippen molar-refractivity contribution in [2.24, 2.45) is 4.99 Å². The molecule has 1 rings (SSSR count). The van der Waals surface area contributed by atoms with Gasteiger partial charge in [0.25, 0.3) is 0 Å². The summed E-state index contributed by atoms with van der Waals surface area (Å²) in [6.07, 6.45) is 2.77. The van der Waals surface area contributed by atoms with Crippen molar-refractivity contribution in [3.63, 3.8) is 0 Å². The highest BCUT2D eigenvalue weighted by Gasteiger charge is 2.30. The van der Waals surface area contributed by atoms with E-state index in [0.29, 0.717) is 19.0 Å². The van der Waals surface area contributed by atoms with Gasteiger partial charge in [-0.05, 0) is 52.7 Å². The number of alkyl carbamates (subject to hydrolysis) is 1. The van der Waals surface area contributed by atoms with Gasteiger partial charge in [-0.1, -0.05) is 13.8 Å². The van der Waals surface area contributed by atoms with E-state index in [4.69, 9.17) is 9.15 Å². The number of nitrogens with one attached hydrogen (secondary N) is 3. The minimum Gasteiger partial charge on any atom is -0.467 e. The Kier molecular flexibility index (Phi) is 8.48. The predicted molar refractivity (Wildman–Crippen MR) is 104 cm³/mol. The standard InChI is InChI=1S/C19H34N4O3/c1-7-19(8-2,23-17(24)26-18(4,5)6)14-22-16(20-9-3)21-13-15-11-10-12-25-15/h10-12H,7-9,13-14H2,1-6H3,(H,23,24)(H2,20,21,22). The first-order chi connectivity index (χ1) is 12.2. The molecule has 0 unspecified atom stereocenters. The van der Waals surface area contributed by atoms with E-state index in [1.54, 1.807) is 6.26 Å². The molecule has 0 spiro atoms. The molecular weight excluding hydrogens is 332 g/mol. The van der Waals surface area contributed by atoms with Crippen molar-refractivity contribution in [1.29, 1.82) is 0 Å². The van der Waals surface area contributed by atoms with Crippen molar-refractivity contribution in [1.82, 2.24) is 16.0 Å². The van der Waals surface area contributed by atoms with Gasteiger partial charge in [0.1, 0.15) is 17.9 Å². The van der Waals surface area contributed by atoms with Gasteiger partial charge < -0.3 is 25.1 Å². The SMILES string of the molecule is CCNC(=NCc1ccco1)NCC(CC)(CC)NC(=O)OC(C)(C)C. The fourth-order valence-corrected chi connectivity index (χ4v) is 2.40. The van der Waals surface area contributed by atoms with Crippen molar-refractivity contribution in [3.8, 4) is 0 Å². The molecule has 0 fully saturated rings. The number of hydrogen-bond acceptors (Lipinski definition) is 4. The summed E-state index contributed by atoms with van der Waals surface area (Å²) in [6.45, 7) is 13.4. The van der Waals surface area contributed by atoms with Gasteiger partial charge in [0.15, 0.2) is 5.96 Å². The Morgan fingerprint density at radius 3 is 2.38 bits per heavy atom. The second-order valence-electron chi connectivity index (χ2n) is 7.24. The van der Waals surface area contributed by atoms with Gasteiger partial charge in [-0.3, -0.25) is 0 Å². The van der Waals surface area contributed by atoms with Crippen LogP contribution < -0.4 is 16.0 Å². The molecule has 0 aliphatic heterocycles. The highest BCUT2D eigenvalue weighted by molar-refractivity contribution is 5.80. The van der Waals surface area contributed by atoms with E-state index in [-0.39, 0.29) is 0 Å². The van der Waals surface area contributed by atoms with E-state index in [9.17, 15) is 4.79 Å². The van der Waals surface area contributed by atoms with Gasteiger partial charge in [-0.15, -0.1) is 0 Å². The molecule has 0 bridgehead atoms. The summed E-state index contributed by atoms with van der Waals surface area (Å²) in [5.74, 6) is 1.48. The number of carbonyl (C=O) groups excluding carboxylic acids is 1. The highest BCUT2D eigenvalue weighted by atomic mass is 16.6. The summed E-state index contributed by atoms with van der Waals surface area (Å²) < 4.78 is 10.7. The maximum atomic E-state index is 12.2. The van der Waals surface area contributed by atoms with E-state index in [0.717, 1.165) is 25.1 Å². The summed E-state index contributed by atoms with van der Waals surface area (Å²) >= 11 is 0. The normalized spacial score (nSPS) is 12.6. The number of amides is 1. The Balaban J connectivity index is 2.73. The monoisotopic (exact) mass is 366 g/mol. The van der Waals surface area contributed by atoms with Crippen molar-refractivity contribution in [2.45, 2.75) is 72.1 Å². The smallest absolute Gasteiger partial charge is 0.408 e. The molecular formula is C19H34N4O3. The van der Waals surface area contributed by atoms with Crippen LogP contribution in [-0.2, 0) is 11.3 Å². The number of ether oxygens (including phenoxy) is 1. The van der Waals surface area contributed by atoms with Crippen LogP contribution in [-0.4, -0.2) is 36.3 Å². The molecule has 7 heteroatoms. The quantitative estimate of drug-likeness (QED) is 0.485. The van der Waals surface area contributed by atoms with Crippen LogP contribution in [0.25, 0.3) is 0 Å². The molecule has 3 N–H and O–H groups in total. The van der Waals surface area contributed by atoms with Gasteiger partial charge in [-0.2, -0.15) is 0 Å². The van der Waals surface area contributed by atoms with Crippen molar-refractivity contribution in [2.75, 3.05) is 13.1 Å². The minimum atomic E-state index is -0.524. The average Bonchev–Trinajstić information content (AvgIpc) is 3.08. The summed E-state index contributed by atoms with van der Waals surface area (Å²) in [5, 5.41) is 9.56. The topological polar surface area (TPSA) is 87.9 Å². The molecule has 1 aromatic rings. The number of carbonyl (C=O) groups is 1. The van der Waals surface area contributed by atoms with E-state index in [2.05, 4.69) is 34.8 Å². The molecule has 0 atom stereocenters. The Morgan fingerprint density at radius 1 is 1.19 bits per heavy atom. The number of hydrogen-bond donors (Lipinski definition) is 3. The second kappa shape index (κ2) is 10.1. The van der Waals surface area contributed by atoms with Crippen molar-refractivity contribution >= 4 is 12.1 Å². The van der Waals surface area contributed by atoms with Crippen LogP contribution in [0.15, 0.2) is 27.8 Å². The maximum absolute atomic E-state index is 12.2. The number of nitrogens with zero attached hydrogens (tertiary/aromatic N) is 1. The van der Waals surface area contributed by atoms with Gasteiger partial charge >= 0.3 is 6.09 Å². The second-order valence-corrected chi connectivity index (χ2v) is 7.24. The lowest BCUT2D eigenvalue weighted by molar-refractivity contribution is 0.0448. The van der Waals surface area contributed by atoms with E-state index in [1.807, 2.05) is 39.8 Å². The zero-order chi connectivity index (χ0) is 19.6. The molecule has 148 valence electrons. The number of furan rings is 1. The molecule has 1 heterocycles. The van der Waals surface area contributed by atoms with E-state index >= 15 is 0 Å². The van der Waals surface area contributed by atoms with Crippen LogP contribution in [0.5, 0.6) is 0 Å². The summed E-state index contributed by atoms with van der Waals surface area (Å²) in [7, 11) is 0. The summed E-state index contributed by atoms with van der Waals surface area (Å²) in [6, 6.07) is 3.73. The summed E-state index contributed by atoms with van der Waals surface area (Å²) in [4.78, 5) is 16.7. The van der Waals surface area contributed by atoms with Crippen molar-refractivity contribution in [3.05, 3.63) is 24.2 Å². The average molecular weight is 367 g/mol. The number of guanidine groups is 1. The Morgan fingerprint density at radius 2 is 1.88 bits per heavy atom. The number of aliphatic imine (C=N–C) groups is 1. The third-order valence-corrected chi connectivity index (χ3v) is 4.03. The molecule has 0 saturated carbocycles. The molecule has 26 heavy (non-hydrogen) atoms. The minimum absolute atomic E-state index is 0.402. The Labute approximate surface area is 157 Å². The van der Waals surface area contributed by atoms with Crippen molar-refractivity contribution < 1.29 is 13.9 Å². The van der Waals surface area contributed by atoms with Crippen LogP contribution in [0, 0.1) is 0 Å². The summed E-state index contributed by atoms with van der Waals surface area (Å²) in [5.41, 5.74) is -0.937. The van der Waals surface area contributed by atoms with E-state index < -0.39 is 17.2 Å². The van der Waals surface area contributed by atoms with Crippen LogP contribution in [0.1, 0.15) is 60.1 Å². The fourth-order valence-electron chi connectivity index (χ4n) is 2.40. The molecule has 0 aliphatic carbocycles. The lowest BCUT2D eigenvalue weighted by Gasteiger charge is -2.34. The van der Waals surface area contributed by atoms with Gasteiger partial charge in [0.2, 0.25) is 0 Å². The molecule has 1 amide bonds. The third kappa shape index (κ3) is 7.80. The fraction of sp³-hybridized carbons (Fsp3) is 0.684. The number of rotatable bonds is 8. The highest BCUT2D eigenvalue weighted by Crippen LogP contribution is 2.16. The predicted octanol–water partition coefficient (Wildman–Crippen LogP) is 3.42. The zero-order valence-corrected chi connectivity index (χ0v) is 16.9. The van der Waals surface area contributed by atoms with Crippen LogP contribution in [0.3, 0.4) is 0 Å².